The van der Waals surface area contributed by atoms with E-state index >= 15 is 0 Å². The van der Waals surface area contributed by atoms with Crippen LogP contribution in [0.3, 0.4) is 0 Å². The van der Waals surface area contributed by atoms with E-state index < -0.39 is 0 Å². The van der Waals surface area contributed by atoms with E-state index in [9.17, 15) is 4.79 Å². The van der Waals surface area contributed by atoms with Crippen LogP contribution in [0, 0.1) is 0 Å². The van der Waals surface area contributed by atoms with Gasteiger partial charge < -0.3 is 10.1 Å². The molecule has 102 valence electrons. The van der Waals surface area contributed by atoms with Crippen LogP contribution in [-0.4, -0.2) is 24.5 Å². The van der Waals surface area contributed by atoms with Crippen molar-refractivity contribution in [2.45, 2.75) is 45.9 Å². The van der Waals surface area contributed by atoms with Crippen molar-refractivity contribution in [3.8, 4) is 0 Å². The summed E-state index contributed by atoms with van der Waals surface area (Å²) >= 11 is 0. The summed E-state index contributed by atoms with van der Waals surface area (Å²) < 4.78 is 5.75. The molecule has 18 heavy (non-hydrogen) atoms. The van der Waals surface area contributed by atoms with Gasteiger partial charge in [0.05, 0.1) is 18.8 Å². The van der Waals surface area contributed by atoms with Gasteiger partial charge in [0, 0.05) is 7.97 Å². The van der Waals surface area contributed by atoms with Gasteiger partial charge in [-0.15, -0.1) is 0 Å². The molecule has 2 rings (SSSR count). The fourth-order valence-electron chi connectivity index (χ4n) is 1.93. The average Bonchev–Trinajstić information content (AvgIpc) is 2.89. The van der Waals surface area contributed by atoms with Crippen LogP contribution in [0.25, 0.3) is 0 Å². The molecule has 0 radical (unpaired) electrons. The highest BCUT2D eigenvalue weighted by atomic mass is 16.5. The van der Waals surface area contributed by atoms with E-state index in [1.165, 1.54) is 5.56 Å². The molecule has 1 aromatic rings. The van der Waals surface area contributed by atoms with E-state index in [-0.39, 0.29) is 19.4 Å². The third kappa shape index (κ3) is 4.59. The predicted octanol–water partition coefficient (Wildman–Crippen LogP) is 2.79. The lowest BCUT2D eigenvalue weighted by atomic mass is 10.1. The Morgan fingerprint density at radius 1 is 1.39 bits per heavy atom. The first-order valence-corrected chi connectivity index (χ1v) is 6.65. The molecular weight excluding hydrogens is 226 g/mol. The Balaban J connectivity index is 0.00000103. The zero-order chi connectivity index (χ0) is 13.4. The molecule has 0 spiro atoms. The van der Waals surface area contributed by atoms with Crippen LogP contribution in [0.15, 0.2) is 30.3 Å². The average molecular weight is 251 g/mol. The number of ether oxygens (including phenoxy) is 1. The van der Waals surface area contributed by atoms with Crippen molar-refractivity contribution >= 4 is 5.78 Å². The fraction of sp³-hybridized carbons (Fsp3) is 0.533. The van der Waals surface area contributed by atoms with Gasteiger partial charge in [0.2, 0.25) is 0 Å². The molecular formula is C15H25NO2. The summed E-state index contributed by atoms with van der Waals surface area (Å²) in [5, 5.41) is 3.17. The number of ketones is 1. The van der Waals surface area contributed by atoms with E-state index in [4.69, 9.17) is 4.74 Å². The van der Waals surface area contributed by atoms with Gasteiger partial charge in [-0.3, -0.25) is 4.79 Å². The Labute approximate surface area is 111 Å². The minimum Gasteiger partial charge on any atom is -0.372 e. The minimum absolute atomic E-state index is 0. The number of hydrogen-bond acceptors (Lipinski definition) is 3. The van der Waals surface area contributed by atoms with Crippen LogP contribution in [-0.2, 0) is 16.1 Å². The molecule has 0 unspecified atom stereocenters. The highest BCUT2D eigenvalue weighted by Crippen LogP contribution is 2.13. The molecule has 1 heterocycles. The molecule has 0 saturated carbocycles. The van der Waals surface area contributed by atoms with E-state index in [1.54, 1.807) is 6.92 Å². The standard InChI is InChI=1S/C13H17NO2.C2H6.H2/c1-10(15)13-7-12(8-14-13)16-9-11-5-3-2-4-6-11;1-2;/h2-6,12-14H,7-9H2,1H3;1-2H3;1H/t12-,13+;;/m1../s1. The van der Waals surface area contributed by atoms with Gasteiger partial charge in [0.1, 0.15) is 5.78 Å². The monoisotopic (exact) mass is 251 g/mol. The Kier molecular flexibility index (Phi) is 6.61. The lowest BCUT2D eigenvalue weighted by Crippen LogP contribution is -2.28. The molecule has 0 amide bonds. The van der Waals surface area contributed by atoms with Crippen molar-refractivity contribution in [1.29, 1.82) is 0 Å². The summed E-state index contributed by atoms with van der Waals surface area (Å²) in [4.78, 5) is 11.1. The van der Waals surface area contributed by atoms with Crippen molar-refractivity contribution < 1.29 is 11.0 Å². The van der Waals surface area contributed by atoms with Gasteiger partial charge in [-0.25, -0.2) is 0 Å². The SMILES string of the molecule is CC.CC(=O)[C@@H]1C[C@@H](OCc2ccccc2)CN1.[HH]. The molecule has 1 aromatic carbocycles. The highest BCUT2D eigenvalue weighted by molar-refractivity contribution is 5.81. The fourth-order valence-corrected chi connectivity index (χ4v) is 1.93. The molecule has 1 aliphatic heterocycles. The van der Waals surface area contributed by atoms with Gasteiger partial charge >= 0.3 is 0 Å². The second kappa shape index (κ2) is 8.01. The maximum Gasteiger partial charge on any atom is 0.146 e. The Morgan fingerprint density at radius 2 is 2.06 bits per heavy atom. The van der Waals surface area contributed by atoms with Gasteiger partial charge in [-0.05, 0) is 18.9 Å². The minimum atomic E-state index is -0.0132. The molecule has 0 bridgehead atoms. The largest absolute Gasteiger partial charge is 0.372 e. The van der Waals surface area contributed by atoms with Crippen LogP contribution >= 0.6 is 0 Å². The summed E-state index contributed by atoms with van der Waals surface area (Å²) in [6.07, 6.45) is 0.955. The first kappa shape index (κ1) is 14.9. The number of Topliss-reactive ketones (excluding diaryl/α,β-unsaturated/α-hetero) is 1. The molecule has 3 nitrogen and oxygen atoms in total. The van der Waals surface area contributed by atoms with Gasteiger partial charge in [-0.1, -0.05) is 44.2 Å². The second-order valence-corrected chi connectivity index (χ2v) is 4.23. The van der Waals surface area contributed by atoms with Crippen molar-refractivity contribution in [2.24, 2.45) is 0 Å². The third-order valence-electron chi connectivity index (χ3n) is 2.91. The van der Waals surface area contributed by atoms with Crippen LogP contribution in [0.1, 0.15) is 34.2 Å². The number of rotatable bonds is 4. The van der Waals surface area contributed by atoms with Gasteiger partial charge in [0.15, 0.2) is 0 Å². The third-order valence-corrected chi connectivity index (χ3v) is 2.91. The zero-order valence-corrected chi connectivity index (χ0v) is 11.5. The summed E-state index contributed by atoms with van der Waals surface area (Å²) in [5.74, 6) is 0.200. The number of hydrogen-bond donors (Lipinski definition) is 1. The topological polar surface area (TPSA) is 38.3 Å². The molecule has 1 saturated heterocycles. The lowest BCUT2D eigenvalue weighted by Gasteiger charge is -2.10. The van der Waals surface area contributed by atoms with Crippen LogP contribution in [0.5, 0.6) is 0 Å². The summed E-state index contributed by atoms with van der Waals surface area (Å²) in [6.45, 7) is 7.02. The molecule has 1 aliphatic rings. The lowest BCUT2D eigenvalue weighted by molar-refractivity contribution is -0.118. The number of carbonyl (C=O) groups is 1. The Morgan fingerprint density at radius 3 is 2.61 bits per heavy atom. The summed E-state index contributed by atoms with van der Waals surface area (Å²) in [7, 11) is 0. The maximum atomic E-state index is 11.1. The van der Waals surface area contributed by atoms with Crippen molar-refractivity contribution in [2.75, 3.05) is 6.54 Å². The molecule has 1 N–H and O–H groups in total. The quantitative estimate of drug-likeness (QED) is 0.894. The molecule has 0 aromatic heterocycles. The first-order valence-electron chi connectivity index (χ1n) is 6.65. The molecule has 2 atom stereocenters. The Bertz CT molecular complexity index is 356. The second-order valence-electron chi connectivity index (χ2n) is 4.23. The van der Waals surface area contributed by atoms with E-state index in [1.807, 2.05) is 44.2 Å². The summed E-state index contributed by atoms with van der Waals surface area (Å²) in [6, 6.07) is 10.1. The van der Waals surface area contributed by atoms with Crippen LogP contribution in [0.4, 0.5) is 0 Å². The van der Waals surface area contributed by atoms with E-state index in [0.717, 1.165) is 13.0 Å². The molecule has 0 aliphatic carbocycles. The highest BCUT2D eigenvalue weighted by Gasteiger charge is 2.27. The Hall–Kier alpha value is -1.19. The van der Waals surface area contributed by atoms with Gasteiger partial charge in [0.25, 0.3) is 0 Å². The van der Waals surface area contributed by atoms with Crippen LogP contribution < -0.4 is 5.32 Å². The molecule has 3 heteroatoms. The van der Waals surface area contributed by atoms with E-state index in [0.29, 0.717) is 6.61 Å². The van der Waals surface area contributed by atoms with E-state index in [2.05, 4.69) is 5.32 Å². The number of nitrogens with one attached hydrogen (secondary N) is 1. The predicted molar refractivity (Wildman–Crippen MR) is 75.6 cm³/mol. The maximum absolute atomic E-state index is 11.1. The number of carbonyl (C=O) groups excluding carboxylic acids is 1. The molecule has 1 fully saturated rings. The normalized spacial score (nSPS) is 22.2. The number of benzene rings is 1. The summed E-state index contributed by atoms with van der Waals surface area (Å²) in [5.41, 5.74) is 1.17. The smallest absolute Gasteiger partial charge is 0.146 e. The van der Waals surface area contributed by atoms with Crippen molar-refractivity contribution in [1.82, 2.24) is 5.32 Å². The van der Waals surface area contributed by atoms with Crippen molar-refractivity contribution in [3.63, 3.8) is 0 Å². The van der Waals surface area contributed by atoms with Crippen LogP contribution in [0.2, 0.25) is 0 Å². The zero-order valence-electron chi connectivity index (χ0n) is 11.5. The van der Waals surface area contributed by atoms with Crippen molar-refractivity contribution in [3.05, 3.63) is 35.9 Å². The van der Waals surface area contributed by atoms with Gasteiger partial charge in [-0.2, -0.15) is 0 Å². The first-order chi connectivity index (χ1) is 8.75.